The summed E-state index contributed by atoms with van der Waals surface area (Å²) in [5.74, 6) is -0.157. The minimum atomic E-state index is -2.72. The van der Waals surface area contributed by atoms with Gasteiger partial charge in [-0.05, 0) is 45.6 Å². The van der Waals surface area contributed by atoms with Gasteiger partial charge in [0.05, 0.1) is 11.8 Å². The Morgan fingerprint density at radius 1 is 1.48 bits per heavy atom. The Bertz CT molecular complexity index is 483. The topological polar surface area (TPSA) is 56.2 Å². The van der Waals surface area contributed by atoms with Crippen molar-refractivity contribution >= 4 is 5.91 Å². The summed E-state index contributed by atoms with van der Waals surface area (Å²) in [5, 5.41) is 7.19. The molecule has 0 atom stereocenters. The average molecular weight is 301 g/mol. The lowest BCUT2D eigenvalue weighted by Crippen LogP contribution is -2.40. The molecule has 1 aromatic rings. The smallest absolute Gasteiger partial charge is 0.345 e. The Morgan fingerprint density at radius 2 is 2.14 bits per heavy atom. The van der Waals surface area contributed by atoms with Gasteiger partial charge in [0.2, 0.25) is 0 Å². The van der Waals surface area contributed by atoms with Crippen molar-refractivity contribution in [3.05, 3.63) is 17.5 Å². The fourth-order valence-electron chi connectivity index (χ4n) is 2.72. The van der Waals surface area contributed by atoms with Crippen LogP contribution in [0.2, 0.25) is 0 Å². The van der Waals surface area contributed by atoms with Gasteiger partial charge in [0.15, 0.2) is 0 Å². The molecule has 1 aliphatic rings. The van der Waals surface area contributed by atoms with E-state index in [9.17, 15) is 13.6 Å². The molecule has 0 aromatic carbocycles. The van der Waals surface area contributed by atoms with E-state index in [-0.39, 0.29) is 11.9 Å². The molecule has 1 heterocycles. The summed E-state index contributed by atoms with van der Waals surface area (Å²) >= 11 is 0. The van der Waals surface area contributed by atoms with Gasteiger partial charge in [-0.25, -0.2) is 0 Å². The van der Waals surface area contributed by atoms with Crippen LogP contribution < -0.4 is 5.32 Å². The SMILES string of the molecule is CCn1nc(C)cc1C(=O)NC1CCC(OC(F)F)CC1. The number of rotatable bonds is 5. The lowest BCUT2D eigenvalue weighted by Gasteiger charge is -2.28. The highest BCUT2D eigenvalue weighted by Crippen LogP contribution is 2.23. The van der Waals surface area contributed by atoms with Gasteiger partial charge in [-0.15, -0.1) is 0 Å². The molecule has 7 heteroatoms. The third kappa shape index (κ3) is 4.23. The number of ether oxygens (including phenoxy) is 1. The number of nitrogens with zero attached hydrogens (tertiary/aromatic N) is 2. The standard InChI is InChI=1S/C14H21F2N3O2/c1-3-19-12(8-9(2)18-19)13(20)17-10-4-6-11(7-5-10)21-14(15)16/h8,10-11,14H,3-7H2,1-2H3,(H,17,20). The molecule has 1 aromatic heterocycles. The van der Waals surface area contributed by atoms with Crippen LogP contribution >= 0.6 is 0 Å². The van der Waals surface area contributed by atoms with E-state index in [0.717, 1.165) is 5.69 Å². The highest BCUT2D eigenvalue weighted by Gasteiger charge is 2.26. The van der Waals surface area contributed by atoms with Crippen LogP contribution in [0.5, 0.6) is 0 Å². The molecule has 118 valence electrons. The molecule has 0 unspecified atom stereocenters. The largest absolute Gasteiger partial charge is 0.348 e. The molecule has 5 nitrogen and oxygen atoms in total. The third-order valence-corrected chi connectivity index (χ3v) is 3.74. The van der Waals surface area contributed by atoms with E-state index in [0.29, 0.717) is 37.9 Å². The fourth-order valence-corrected chi connectivity index (χ4v) is 2.72. The Hall–Kier alpha value is -1.50. The highest BCUT2D eigenvalue weighted by molar-refractivity contribution is 5.92. The van der Waals surface area contributed by atoms with Gasteiger partial charge in [0.25, 0.3) is 5.91 Å². The van der Waals surface area contributed by atoms with Gasteiger partial charge in [0.1, 0.15) is 5.69 Å². The van der Waals surface area contributed by atoms with Crippen LogP contribution in [0.15, 0.2) is 6.07 Å². The van der Waals surface area contributed by atoms with Crippen molar-refractivity contribution < 1.29 is 18.3 Å². The summed E-state index contributed by atoms with van der Waals surface area (Å²) in [6.45, 7) is 1.68. The molecule has 0 saturated heterocycles. The van der Waals surface area contributed by atoms with Gasteiger partial charge >= 0.3 is 6.61 Å². The van der Waals surface area contributed by atoms with Gasteiger partial charge < -0.3 is 10.1 Å². The van der Waals surface area contributed by atoms with Gasteiger partial charge in [-0.1, -0.05) is 0 Å². The normalized spacial score (nSPS) is 22.5. The van der Waals surface area contributed by atoms with E-state index in [1.807, 2.05) is 13.8 Å². The summed E-state index contributed by atoms with van der Waals surface area (Å²) in [4.78, 5) is 12.2. The van der Waals surface area contributed by atoms with Gasteiger partial charge in [0, 0.05) is 12.6 Å². The lowest BCUT2D eigenvalue weighted by molar-refractivity contribution is -0.170. The molecule has 0 bridgehead atoms. The quantitative estimate of drug-likeness (QED) is 0.909. The first-order chi connectivity index (χ1) is 9.99. The number of hydrogen-bond donors (Lipinski definition) is 1. The van der Waals surface area contributed by atoms with Crippen LogP contribution in [0.4, 0.5) is 8.78 Å². The zero-order valence-corrected chi connectivity index (χ0v) is 12.3. The zero-order valence-electron chi connectivity index (χ0n) is 12.3. The lowest BCUT2D eigenvalue weighted by atomic mass is 9.93. The molecule has 21 heavy (non-hydrogen) atoms. The number of alkyl halides is 2. The second-order valence-electron chi connectivity index (χ2n) is 5.33. The number of halogens is 2. The molecule has 1 aliphatic carbocycles. The van der Waals surface area contributed by atoms with Gasteiger partial charge in [-0.2, -0.15) is 13.9 Å². The molecule has 0 aliphatic heterocycles. The minimum absolute atomic E-state index is 0.00975. The average Bonchev–Trinajstić information content (AvgIpc) is 2.82. The predicted molar refractivity (Wildman–Crippen MR) is 73.2 cm³/mol. The number of carbonyl (C=O) groups excluding carboxylic acids is 1. The van der Waals surface area contributed by atoms with Crippen molar-refractivity contribution in [3.63, 3.8) is 0 Å². The van der Waals surface area contributed by atoms with Gasteiger partial charge in [-0.3, -0.25) is 9.48 Å². The minimum Gasteiger partial charge on any atom is -0.348 e. The molecule has 1 amide bonds. The first kappa shape index (κ1) is 15.9. The Balaban J connectivity index is 1.87. The van der Waals surface area contributed by atoms with Crippen molar-refractivity contribution in [2.24, 2.45) is 0 Å². The van der Waals surface area contributed by atoms with E-state index in [1.165, 1.54) is 0 Å². The first-order valence-corrected chi connectivity index (χ1v) is 7.28. The summed E-state index contributed by atoms with van der Waals surface area (Å²) < 4.78 is 30.4. The van der Waals surface area contributed by atoms with Crippen molar-refractivity contribution in [1.29, 1.82) is 0 Å². The second-order valence-corrected chi connectivity index (χ2v) is 5.33. The van der Waals surface area contributed by atoms with Crippen molar-refractivity contribution in [3.8, 4) is 0 Å². The fraction of sp³-hybridized carbons (Fsp3) is 0.714. The van der Waals surface area contributed by atoms with Crippen LogP contribution in [0.1, 0.15) is 48.8 Å². The van der Waals surface area contributed by atoms with Crippen LogP contribution in [0.3, 0.4) is 0 Å². The number of aromatic nitrogens is 2. The Kier molecular flexibility index (Phi) is 5.27. The van der Waals surface area contributed by atoms with Crippen molar-refractivity contribution in [2.75, 3.05) is 0 Å². The van der Waals surface area contributed by atoms with Crippen LogP contribution in [-0.4, -0.2) is 34.4 Å². The molecule has 0 radical (unpaired) electrons. The number of carbonyl (C=O) groups is 1. The summed E-state index contributed by atoms with van der Waals surface area (Å²) in [7, 11) is 0. The summed E-state index contributed by atoms with van der Waals surface area (Å²) in [6, 6.07) is 1.76. The number of hydrogen-bond acceptors (Lipinski definition) is 3. The number of aryl methyl sites for hydroxylation is 2. The molecular formula is C14H21F2N3O2. The molecular weight excluding hydrogens is 280 g/mol. The molecule has 1 saturated carbocycles. The van der Waals surface area contributed by atoms with Crippen LogP contribution in [0.25, 0.3) is 0 Å². The van der Waals surface area contributed by atoms with E-state index in [1.54, 1.807) is 10.7 Å². The predicted octanol–water partition coefficient (Wildman–Crippen LogP) is 2.49. The van der Waals surface area contributed by atoms with Crippen molar-refractivity contribution in [1.82, 2.24) is 15.1 Å². The number of amides is 1. The Morgan fingerprint density at radius 3 is 2.71 bits per heavy atom. The van der Waals surface area contributed by atoms with E-state index < -0.39 is 12.7 Å². The maximum Gasteiger partial charge on any atom is 0.345 e. The van der Waals surface area contributed by atoms with Crippen molar-refractivity contribution in [2.45, 2.75) is 64.8 Å². The number of nitrogens with one attached hydrogen (secondary N) is 1. The molecule has 2 rings (SSSR count). The molecule has 1 fully saturated rings. The maximum atomic E-state index is 12.2. The monoisotopic (exact) mass is 301 g/mol. The van der Waals surface area contributed by atoms with Crippen LogP contribution in [0, 0.1) is 6.92 Å². The molecule has 1 N–H and O–H groups in total. The Labute approximate surface area is 122 Å². The second kappa shape index (κ2) is 6.98. The zero-order chi connectivity index (χ0) is 15.4. The van der Waals surface area contributed by atoms with E-state index in [2.05, 4.69) is 15.2 Å². The third-order valence-electron chi connectivity index (χ3n) is 3.74. The molecule has 0 spiro atoms. The summed E-state index contributed by atoms with van der Waals surface area (Å²) in [6.07, 6.45) is 1.99. The van der Waals surface area contributed by atoms with Crippen LogP contribution in [-0.2, 0) is 11.3 Å². The highest BCUT2D eigenvalue weighted by atomic mass is 19.3. The van der Waals surface area contributed by atoms with E-state index in [4.69, 9.17) is 0 Å². The maximum absolute atomic E-state index is 12.2. The first-order valence-electron chi connectivity index (χ1n) is 7.28. The summed E-state index contributed by atoms with van der Waals surface area (Å²) in [5.41, 5.74) is 1.34. The van der Waals surface area contributed by atoms with E-state index >= 15 is 0 Å².